The molecule has 0 spiro atoms. The Labute approximate surface area is 158 Å². The van der Waals surface area contributed by atoms with Gasteiger partial charge in [-0.05, 0) is 68.4 Å². The summed E-state index contributed by atoms with van der Waals surface area (Å²) in [4.78, 5) is 15.0. The van der Waals surface area contributed by atoms with E-state index in [-0.39, 0.29) is 5.78 Å². The minimum Gasteiger partial charge on any atom is -0.492 e. The molecule has 0 amide bonds. The van der Waals surface area contributed by atoms with Crippen LogP contribution in [-0.4, -0.2) is 36.4 Å². The van der Waals surface area contributed by atoms with Gasteiger partial charge in [0, 0.05) is 17.2 Å². The molecule has 0 aromatic heterocycles. The number of rotatable bonds is 6. The van der Waals surface area contributed by atoms with E-state index >= 15 is 0 Å². The minimum atomic E-state index is -0.0851. The zero-order valence-corrected chi connectivity index (χ0v) is 15.7. The number of ether oxygens (including phenoxy) is 1. The number of halogens is 2. The number of hydrogen-bond donors (Lipinski definition) is 0. The van der Waals surface area contributed by atoms with Gasteiger partial charge in [-0.15, -0.1) is 0 Å². The van der Waals surface area contributed by atoms with Crippen molar-refractivity contribution in [2.24, 2.45) is 0 Å². The van der Waals surface area contributed by atoms with Crippen LogP contribution < -0.4 is 4.74 Å². The molecule has 2 aromatic rings. The SMILES string of the molecule is CCN1CCCC1COc1ccc(C(=O)c2ccc(Cl)c(Cl)c2)cc1. The van der Waals surface area contributed by atoms with E-state index in [1.54, 1.807) is 30.3 Å². The largest absolute Gasteiger partial charge is 0.492 e. The smallest absolute Gasteiger partial charge is 0.193 e. The van der Waals surface area contributed by atoms with Gasteiger partial charge in [-0.25, -0.2) is 0 Å². The molecule has 3 rings (SSSR count). The molecule has 0 saturated carbocycles. The highest BCUT2D eigenvalue weighted by molar-refractivity contribution is 6.42. The Morgan fingerprint density at radius 3 is 2.52 bits per heavy atom. The van der Waals surface area contributed by atoms with Gasteiger partial charge in [-0.2, -0.15) is 0 Å². The summed E-state index contributed by atoms with van der Waals surface area (Å²) in [6.07, 6.45) is 2.42. The molecular weight excluding hydrogens is 357 g/mol. The second kappa shape index (κ2) is 8.22. The first-order valence-corrected chi connectivity index (χ1v) is 9.30. The van der Waals surface area contributed by atoms with E-state index in [1.807, 2.05) is 12.1 Å². The molecule has 5 heteroatoms. The van der Waals surface area contributed by atoms with Crippen LogP contribution in [0.4, 0.5) is 0 Å². The predicted molar refractivity (Wildman–Crippen MR) is 102 cm³/mol. The van der Waals surface area contributed by atoms with Gasteiger partial charge in [-0.3, -0.25) is 9.69 Å². The topological polar surface area (TPSA) is 29.5 Å². The van der Waals surface area contributed by atoms with Gasteiger partial charge in [0.1, 0.15) is 12.4 Å². The van der Waals surface area contributed by atoms with Gasteiger partial charge in [0.15, 0.2) is 5.78 Å². The molecule has 25 heavy (non-hydrogen) atoms. The summed E-state index contributed by atoms with van der Waals surface area (Å²) in [5.41, 5.74) is 1.12. The van der Waals surface area contributed by atoms with Crippen LogP contribution in [0.1, 0.15) is 35.7 Å². The molecule has 3 nitrogen and oxygen atoms in total. The van der Waals surface area contributed by atoms with Crippen LogP contribution in [0.5, 0.6) is 5.75 Å². The predicted octanol–water partition coefficient (Wildman–Crippen LogP) is 5.09. The summed E-state index contributed by atoms with van der Waals surface area (Å²) in [6.45, 7) is 5.09. The Morgan fingerprint density at radius 2 is 1.84 bits per heavy atom. The lowest BCUT2D eigenvalue weighted by molar-refractivity contribution is 0.103. The molecule has 132 valence electrons. The molecule has 2 aromatic carbocycles. The van der Waals surface area contributed by atoms with Gasteiger partial charge in [0.05, 0.1) is 10.0 Å². The Balaban J connectivity index is 1.63. The molecule has 1 aliphatic heterocycles. The molecule has 1 fully saturated rings. The van der Waals surface area contributed by atoms with Crippen molar-refractivity contribution >= 4 is 29.0 Å². The first-order valence-electron chi connectivity index (χ1n) is 8.55. The number of likely N-dealkylation sites (tertiary alicyclic amines) is 1. The third kappa shape index (κ3) is 4.35. The van der Waals surface area contributed by atoms with E-state index in [2.05, 4.69) is 11.8 Å². The van der Waals surface area contributed by atoms with Crippen LogP contribution in [0.25, 0.3) is 0 Å². The first kappa shape index (κ1) is 18.2. The second-order valence-electron chi connectivity index (χ2n) is 6.22. The van der Waals surface area contributed by atoms with Crippen molar-refractivity contribution in [3.63, 3.8) is 0 Å². The summed E-state index contributed by atoms with van der Waals surface area (Å²) in [5, 5.41) is 0.819. The molecule has 1 unspecified atom stereocenters. The van der Waals surface area contributed by atoms with Gasteiger partial charge >= 0.3 is 0 Å². The van der Waals surface area contributed by atoms with Crippen LogP contribution in [0.2, 0.25) is 10.0 Å². The molecule has 1 saturated heterocycles. The zero-order valence-electron chi connectivity index (χ0n) is 14.2. The standard InChI is InChI=1S/C20H21Cl2NO2/c1-2-23-11-3-4-16(23)13-25-17-8-5-14(6-9-17)20(24)15-7-10-18(21)19(22)12-15/h5-10,12,16H,2-4,11,13H2,1H3. The Kier molecular flexibility index (Phi) is 6.00. The van der Waals surface area contributed by atoms with E-state index in [0.29, 0.717) is 33.8 Å². The van der Waals surface area contributed by atoms with Crippen LogP contribution in [0, 0.1) is 0 Å². The number of ketones is 1. The van der Waals surface area contributed by atoms with Crippen LogP contribution in [0.15, 0.2) is 42.5 Å². The van der Waals surface area contributed by atoms with E-state index in [4.69, 9.17) is 27.9 Å². The second-order valence-corrected chi connectivity index (χ2v) is 7.03. The van der Waals surface area contributed by atoms with Crippen molar-refractivity contribution in [2.75, 3.05) is 19.7 Å². The van der Waals surface area contributed by atoms with Crippen molar-refractivity contribution in [3.05, 3.63) is 63.6 Å². The molecule has 0 radical (unpaired) electrons. The van der Waals surface area contributed by atoms with E-state index < -0.39 is 0 Å². The summed E-state index contributed by atoms with van der Waals surface area (Å²) in [6, 6.07) is 12.7. The summed E-state index contributed by atoms with van der Waals surface area (Å²) in [5.74, 6) is 0.701. The molecule has 0 N–H and O–H groups in total. The van der Waals surface area contributed by atoms with Crippen LogP contribution in [0.3, 0.4) is 0 Å². The molecule has 1 aliphatic rings. The Morgan fingerprint density at radius 1 is 1.12 bits per heavy atom. The average molecular weight is 378 g/mol. The number of nitrogens with zero attached hydrogens (tertiary/aromatic N) is 1. The zero-order chi connectivity index (χ0) is 17.8. The highest BCUT2D eigenvalue weighted by Crippen LogP contribution is 2.25. The van der Waals surface area contributed by atoms with Gasteiger partial charge in [-0.1, -0.05) is 30.1 Å². The quantitative estimate of drug-likeness (QED) is 0.656. The molecular formula is C20H21Cl2NO2. The van der Waals surface area contributed by atoms with Crippen LogP contribution in [-0.2, 0) is 0 Å². The number of carbonyl (C=O) groups is 1. The third-order valence-electron chi connectivity index (χ3n) is 4.65. The number of likely N-dealkylation sites (N-methyl/N-ethyl adjacent to an activating group) is 1. The molecule has 1 atom stereocenters. The first-order chi connectivity index (χ1) is 12.1. The highest BCUT2D eigenvalue weighted by atomic mass is 35.5. The lowest BCUT2D eigenvalue weighted by Crippen LogP contribution is -2.33. The lowest BCUT2D eigenvalue weighted by atomic mass is 10.0. The summed E-state index contributed by atoms with van der Waals surface area (Å²) >= 11 is 11.9. The third-order valence-corrected chi connectivity index (χ3v) is 5.38. The van der Waals surface area contributed by atoms with Gasteiger partial charge < -0.3 is 4.74 Å². The lowest BCUT2D eigenvalue weighted by Gasteiger charge is -2.22. The monoisotopic (exact) mass is 377 g/mol. The normalized spacial score (nSPS) is 17.6. The van der Waals surface area contributed by atoms with Crippen molar-refractivity contribution in [1.82, 2.24) is 4.90 Å². The number of carbonyl (C=O) groups excluding carboxylic acids is 1. The molecule has 0 aliphatic carbocycles. The van der Waals surface area contributed by atoms with E-state index in [0.717, 1.165) is 18.8 Å². The molecule has 1 heterocycles. The highest BCUT2D eigenvalue weighted by Gasteiger charge is 2.23. The molecule has 0 bridgehead atoms. The maximum Gasteiger partial charge on any atom is 0.193 e. The van der Waals surface area contributed by atoms with Gasteiger partial charge in [0.25, 0.3) is 0 Å². The maximum atomic E-state index is 12.5. The Hall–Kier alpha value is -1.55. The van der Waals surface area contributed by atoms with Crippen molar-refractivity contribution in [2.45, 2.75) is 25.8 Å². The number of hydrogen-bond acceptors (Lipinski definition) is 3. The van der Waals surface area contributed by atoms with Crippen LogP contribution >= 0.6 is 23.2 Å². The van der Waals surface area contributed by atoms with Crippen molar-refractivity contribution in [1.29, 1.82) is 0 Å². The van der Waals surface area contributed by atoms with Crippen molar-refractivity contribution in [3.8, 4) is 5.75 Å². The fourth-order valence-corrected chi connectivity index (χ4v) is 3.50. The summed E-state index contributed by atoms with van der Waals surface area (Å²) < 4.78 is 5.91. The number of benzene rings is 2. The average Bonchev–Trinajstić information content (AvgIpc) is 3.09. The minimum absolute atomic E-state index is 0.0851. The summed E-state index contributed by atoms with van der Waals surface area (Å²) in [7, 11) is 0. The van der Waals surface area contributed by atoms with E-state index in [9.17, 15) is 4.79 Å². The fraction of sp³-hybridized carbons (Fsp3) is 0.350. The maximum absolute atomic E-state index is 12.5. The fourth-order valence-electron chi connectivity index (χ4n) is 3.20. The Bertz CT molecular complexity index is 746. The van der Waals surface area contributed by atoms with Gasteiger partial charge in [0.2, 0.25) is 0 Å². The van der Waals surface area contributed by atoms with E-state index in [1.165, 1.54) is 12.8 Å². The van der Waals surface area contributed by atoms with Crippen molar-refractivity contribution < 1.29 is 9.53 Å².